The lowest BCUT2D eigenvalue weighted by Crippen LogP contribution is -2.23. The Morgan fingerprint density at radius 2 is 1.89 bits per heavy atom. The topological polar surface area (TPSA) is 142 Å². The van der Waals surface area contributed by atoms with Crippen LogP contribution in [0.4, 0.5) is 0 Å². The van der Waals surface area contributed by atoms with E-state index in [9.17, 15) is 22.6 Å². The van der Waals surface area contributed by atoms with E-state index in [0.717, 1.165) is 13.5 Å². The molecule has 0 unspecified atom stereocenters. The summed E-state index contributed by atoms with van der Waals surface area (Å²) in [4.78, 5) is 27.8. The van der Waals surface area contributed by atoms with Gasteiger partial charge in [-0.15, -0.1) is 0 Å². The lowest BCUT2D eigenvalue weighted by Gasteiger charge is -2.10. The third-order valence-corrected chi connectivity index (χ3v) is 4.40. The molecule has 0 atom stereocenters. The zero-order chi connectivity index (χ0) is 26.9. The molecule has 1 saturated heterocycles. The van der Waals surface area contributed by atoms with E-state index in [1.165, 1.54) is 6.20 Å². The summed E-state index contributed by atoms with van der Waals surface area (Å²) in [6.45, 7) is 12.9. The molecule has 3 heterocycles. The Labute approximate surface area is 206 Å². The molecule has 0 radical (unpaired) electrons. The Morgan fingerprint density at radius 3 is 2.20 bits per heavy atom. The van der Waals surface area contributed by atoms with Crippen LogP contribution in [0.3, 0.4) is 0 Å². The minimum Gasteiger partial charge on any atom is -0.726 e. The molecule has 1 fully saturated rings. The van der Waals surface area contributed by atoms with Crippen LogP contribution < -0.4 is 9.88 Å². The van der Waals surface area contributed by atoms with E-state index in [2.05, 4.69) is 34.2 Å². The highest BCUT2D eigenvalue weighted by atomic mass is 32.3. The molecule has 35 heavy (non-hydrogen) atoms. The van der Waals surface area contributed by atoms with Crippen LogP contribution >= 0.6 is 0 Å². The Bertz CT molecular complexity index is 1090. The van der Waals surface area contributed by atoms with E-state index < -0.39 is 10.4 Å². The molecule has 2 aromatic heterocycles. The largest absolute Gasteiger partial charge is 0.726 e. The van der Waals surface area contributed by atoms with Gasteiger partial charge in [-0.25, -0.2) is 22.5 Å². The van der Waals surface area contributed by atoms with Crippen molar-refractivity contribution in [2.45, 2.75) is 19.8 Å². The van der Waals surface area contributed by atoms with Crippen LogP contribution in [-0.2, 0) is 31.2 Å². The SMILES string of the molecule is C=CNC(=O)C(C)=CN1CCCC1=O.C=Cn1cc[n+](C)c1.C=Cn1ccnc1.COS(=O)(=O)[O-]. The van der Waals surface area contributed by atoms with Crippen molar-refractivity contribution < 1.29 is 31.3 Å². The highest BCUT2D eigenvalue weighted by Crippen LogP contribution is 2.11. The molecule has 2 aromatic rings. The first-order valence-electron chi connectivity index (χ1n) is 10.1. The van der Waals surface area contributed by atoms with Crippen LogP contribution in [0.15, 0.2) is 75.2 Å². The van der Waals surface area contributed by atoms with Crippen molar-refractivity contribution in [2.75, 3.05) is 13.7 Å². The van der Waals surface area contributed by atoms with Crippen LogP contribution in [0.25, 0.3) is 12.4 Å². The summed E-state index contributed by atoms with van der Waals surface area (Å²) in [6.07, 6.45) is 18.9. The Hall–Kier alpha value is -3.81. The maximum absolute atomic E-state index is 11.2. The summed E-state index contributed by atoms with van der Waals surface area (Å²) in [6, 6.07) is 0. The Morgan fingerprint density at radius 1 is 1.26 bits per heavy atom. The van der Waals surface area contributed by atoms with Crippen LogP contribution in [-0.4, -0.2) is 57.5 Å². The van der Waals surface area contributed by atoms with E-state index in [1.54, 1.807) is 47.5 Å². The lowest BCUT2D eigenvalue weighted by molar-refractivity contribution is -0.670. The standard InChI is InChI=1S/C10H14N2O2.C6H9N2.C5H6N2.CH4O4S/c1-3-11-10(14)8(2)7-12-6-4-5-9(12)13;1-3-8-5-4-7(2)6-8;1-2-7-4-3-6-5-7;1-5-6(2,3)4/h3,7H,1,4-6H2,2H3,(H,11,14);3-6H,1H2,2H3;2-5H,1H2;1H3,(H,2,3,4)/q;+1;;/p-1. The molecule has 1 aliphatic rings. The first kappa shape index (κ1) is 31.2. The number of likely N-dealkylation sites (tertiary alicyclic amines) is 1. The van der Waals surface area contributed by atoms with Crippen LogP contribution in [0.1, 0.15) is 19.8 Å². The van der Waals surface area contributed by atoms with Gasteiger partial charge >= 0.3 is 0 Å². The number of imidazole rings is 2. The summed E-state index contributed by atoms with van der Waals surface area (Å²) < 4.78 is 36.6. The molecule has 13 heteroatoms. The van der Waals surface area contributed by atoms with Gasteiger partial charge in [0.25, 0.3) is 5.91 Å². The van der Waals surface area contributed by atoms with E-state index in [1.807, 2.05) is 41.1 Å². The van der Waals surface area contributed by atoms with Crippen molar-refractivity contribution >= 4 is 34.6 Å². The predicted octanol–water partition coefficient (Wildman–Crippen LogP) is 1.26. The summed E-state index contributed by atoms with van der Waals surface area (Å²) in [5, 5.41) is 2.45. The van der Waals surface area contributed by atoms with Gasteiger partial charge in [-0.1, -0.05) is 19.7 Å². The number of aryl methyl sites for hydroxylation is 1. The smallest absolute Gasteiger partial charge is 0.252 e. The number of nitrogens with one attached hydrogen (secondary N) is 1. The fraction of sp³-hybridized carbons (Fsp3) is 0.273. The molecule has 0 spiro atoms. The number of carbonyl (C=O) groups excluding carboxylic acids is 2. The fourth-order valence-electron chi connectivity index (χ4n) is 2.26. The molecule has 0 aliphatic carbocycles. The van der Waals surface area contributed by atoms with Gasteiger partial charge in [-0.3, -0.25) is 13.8 Å². The average molecular weight is 509 g/mol. The lowest BCUT2D eigenvalue weighted by atomic mass is 10.3. The van der Waals surface area contributed by atoms with Gasteiger partial charge in [0.2, 0.25) is 22.6 Å². The van der Waals surface area contributed by atoms with Crippen molar-refractivity contribution in [2.24, 2.45) is 7.05 Å². The fourth-order valence-corrected chi connectivity index (χ4v) is 2.26. The van der Waals surface area contributed by atoms with Crippen molar-refractivity contribution in [1.82, 2.24) is 24.3 Å². The minimum absolute atomic E-state index is 0.0794. The third kappa shape index (κ3) is 14.9. The molecular formula is C22H32N6O6S. The molecule has 1 aliphatic heterocycles. The molecule has 0 saturated carbocycles. The molecule has 0 aromatic carbocycles. The van der Waals surface area contributed by atoms with Crippen molar-refractivity contribution in [3.63, 3.8) is 0 Å². The summed E-state index contributed by atoms with van der Waals surface area (Å²) >= 11 is 0. The molecule has 3 rings (SSSR count). The summed E-state index contributed by atoms with van der Waals surface area (Å²) in [5.41, 5.74) is 0.514. The highest BCUT2D eigenvalue weighted by molar-refractivity contribution is 7.80. The van der Waals surface area contributed by atoms with Crippen LogP contribution in [0.5, 0.6) is 0 Å². The monoisotopic (exact) mass is 508 g/mol. The van der Waals surface area contributed by atoms with Crippen molar-refractivity contribution in [3.8, 4) is 0 Å². The molecule has 12 nitrogen and oxygen atoms in total. The van der Waals surface area contributed by atoms with Gasteiger partial charge < -0.3 is 19.3 Å². The Balaban J connectivity index is 0.000000471. The van der Waals surface area contributed by atoms with Gasteiger partial charge in [-0.2, -0.15) is 0 Å². The van der Waals surface area contributed by atoms with Gasteiger partial charge in [0.1, 0.15) is 12.4 Å². The maximum Gasteiger partial charge on any atom is 0.252 e. The second-order valence-electron chi connectivity index (χ2n) is 6.66. The third-order valence-electron chi connectivity index (χ3n) is 3.99. The number of rotatable bonds is 6. The number of hydrogen-bond acceptors (Lipinski definition) is 7. The van der Waals surface area contributed by atoms with Crippen molar-refractivity contribution in [3.05, 3.63) is 75.2 Å². The number of carbonyl (C=O) groups is 2. The van der Waals surface area contributed by atoms with E-state index in [0.29, 0.717) is 18.5 Å². The number of aromatic nitrogens is 4. The van der Waals surface area contributed by atoms with E-state index >= 15 is 0 Å². The zero-order valence-corrected chi connectivity index (χ0v) is 20.9. The van der Waals surface area contributed by atoms with E-state index in [-0.39, 0.29) is 11.8 Å². The molecule has 0 bridgehead atoms. The van der Waals surface area contributed by atoms with Gasteiger partial charge in [0.05, 0.1) is 26.7 Å². The minimum atomic E-state index is -4.41. The summed E-state index contributed by atoms with van der Waals surface area (Å²) in [7, 11) is -1.63. The average Bonchev–Trinajstić information content (AvgIpc) is 3.58. The highest BCUT2D eigenvalue weighted by Gasteiger charge is 2.18. The van der Waals surface area contributed by atoms with Crippen LogP contribution in [0.2, 0.25) is 0 Å². The number of nitrogens with zero attached hydrogens (tertiary/aromatic N) is 5. The number of hydrogen-bond donors (Lipinski definition) is 1. The molecule has 2 amide bonds. The molecule has 192 valence electrons. The molecule has 1 N–H and O–H groups in total. The van der Waals surface area contributed by atoms with Crippen molar-refractivity contribution in [1.29, 1.82) is 0 Å². The first-order chi connectivity index (χ1) is 16.5. The predicted molar refractivity (Wildman–Crippen MR) is 130 cm³/mol. The Kier molecular flexibility index (Phi) is 14.9. The van der Waals surface area contributed by atoms with Gasteiger partial charge in [0.15, 0.2) is 0 Å². The number of amides is 2. The van der Waals surface area contributed by atoms with E-state index in [4.69, 9.17) is 0 Å². The summed E-state index contributed by atoms with van der Waals surface area (Å²) in [5.74, 6) is -0.143. The second-order valence-corrected chi connectivity index (χ2v) is 7.81. The quantitative estimate of drug-likeness (QED) is 0.268. The molecular weight excluding hydrogens is 476 g/mol. The second kappa shape index (κ2) is 16.7. The van der Waals surface area contributed by atoms with Crippen LogP contribution in [0, 0.1) is 0 Å². The normalized spacial score (nSPS) is 12.6. The van der Waals surface area contributed by atoms with Gasteiger partial charge in [-0.05, 0) is 19.5 Å². The first-order valence-corrected chi connectivity index (χ1v) is 11.5. The maximum atomic E-state index is 11.2. The van der Waals surface area contributed by atoms with Gasteiger partial charge in [0, 0.05) is 43.3 Å². The zero-order valence-electron chi connectivity index (χ0n) is 20.1.